The fourth-order valence-electron chi connectivity index (χ4n) is 1.99. The fraction of sp³-hybridized carbons (Fsp3) is 0.312. The van der Waals surface area contributed by atoms with Crippen molar-refractivity contribution in [1.82, 2.24) is 4.98 Å². The van der Waals surface area contributed by atoms with E-state index in [4.69, 9.17) is 0 Å². The number of nitrogens with one attached hydrogen (secondary N) is 2. The Balaban J connectivity index is 2.14. The van der Waals surface area contributed by atoms with Gasteiger partial charge in [-0.1, -0.05) is 13.8 Å². The van der Waals surface area contributed by atoms with E-state index in [2.05, 4.69) is 28.9 Å². The molecule has 0 aliphatic heterocycles. The third-order valence-electron chi connectivity index (χ3n) is 3.14. The van der Waals surface area contributed by atoms with E-state index in [1.54, 1.807) is 25.3 Å². The van der Waals surface area contributed by atoms with Crippen LogP contribution in [0.3, 0.4) is 0 Å². The zero-order chi connectivity index (χ0) is 17.0. The van der Waals surface area contributed by atoms with Gasteiger partial charge in [-0.25, -0.2) is 17.8 Å². The summed E-state index contributed by atoms with van der Waals surface area (Å²) in [4.78, 5) is 4.12. The minimum Gasteiger partial charge on any atom is -0.384 e. The van der Waals surface area contributed by atoms with Crippen LogP contribution in [0.4, 0.5) is 15.9 Å². The number of pyridine rings is 1. The first-order valence-electron chi connectivity index (χ1n) is 7.27. The summed E-state index contributed by atoms with van der Waals surface area (Å²) in [5, 5.41) is 3.20. The van der Waals surface area contributed by atoms with Crippen LogP contribution in [-0.2, 0) is 10.0 Å². The van der Waals surface area contributed by atoms with Crippen LogP contribution in [0, 0.1) is 18.7 Å². The number of aryl methyl sites for hydroxylation is 1. The molecule has 0 spiro atoms. The SMILES string of the molecule is Cc1cc(F)ccc1S(=O)(=O)Nc1ccc(NCC(C)C)cn1. The lowest BCUT2D eigenvalue weighted by molar-refractivity contribution is 0.598. The van der Waals surface area contributed by atoms with Crippen molar-refractivity contribution in [3.05, 3.63) is 47.9 Å². The molecule has 23 heavy (non-hydrogen) atoms. The van der Waals surface area contributed by atoms with Crippen LogP contribution in [0.2, 0.25) is 0 Å². The van der Waals surface area contributed by atoms with Crippen LogP contribution in [-0.4, -0.2) is 19.9 Å². The van der Waals surface area contributed by atoms with Gasteiger partial charge in [0.05, 0.1) is 16.8 Å². The van der Waals surface area contributed by atoms with E-state index in [1.165, 1.54) is 12.1 Å². The molecule has 0 amide bonds. The van der Waals surface area contributed by atoms with Gasteiger partial charge in [-0.3, -0.25) is 4.72 Å². The lowest BCUT2D eigenvalue weighted by Crippen LogP contribution is -2.15. The van der Waals surface area contributed by atoms with Crippen LogP contribution in [0.25, 0.3) is 0 Å². The van der Waals surface area contributed by atoms with E-state index in [0.717, 1.165) is 18.3 Å². The molecular weight excluding hydrogens is 317 g/mol. The van der Waals surface area contributed by atoms with Gasteiger partial charge in [-0.15, -0.1) is 0 Å². The molecule has 1 aromatic carbocycles. The van der Waals surface area contributed by atoms with Gasteiger partial charge < -0.3 is 5.32 Å². The summed E-state index contributed by atoms with van der Waals surface area (Å²) >= 11 is 0. The zero-order valence-corrected chi connectivity index (χ0v) is 14.1. The number of hydrogen-bond acceptors (Lipinski definition) is 4. The molecule has 0 saturated heterocycles. The maximum Gasteiger partial charge on any atom is 0.263 e. The second-order valence-corrected chi connectivity index (χ2v) is 7.37. The van der Waals surface area contributed by atoms with Crippen molar-refractivity contribution in [1.29, 1.82) is 0 Å². The van der Waals surface area contributed by atoms with Crippen molar-refractivity contribution in [2.24, 2.45) is 5.92 Å². The molecular formula is C16H20FN3O2S. The number of aromatic nitrogens is 1. The highest BCUT2D eigenvalue weighted by atomic mass is 32.2. The first-order valence-corrected chi connectivity index (χ1v) is 8.75. The fourth-order valence-corrected chi connectivity index (χ4v) is 3.22. The summed E-state index contributed by atoms with van der Waals surface area (Å²) < 4.78 is 40.2. The Hall–Kier alpha value is -2.15. The minimum atomic E-state index is -3.80. The molecule has 1 heterocycles. The van der Waals surface area contributed by atoms with E-state index in [-0.39, 0.29) is 10.7 Å². The molecule has 0 atom stereocenters. The highest BCUT2D eigenvalue weighted by molar-refractivity contribution is 7.92. The maximum absolute atomic E-state index is 13.1. The second kappa shape index (κ2) is 6.95. The zero-order valence-electron chi connectivity index (χ0n) is 13.3. The van der Waals surface area contributed by atoms with E-state index in [0.29, 0.717) is 11.5 Å². The lowest BCUT2D eigenvalue weighted by Gasteiger charge is -2.11. The third-order valence-corrected chi connectivity index (χ3v) is 4.66. The van der Waals surface area contributed by atoms with Crippen molar-refractivity contribution in [2.45, 2.75) is 25.7 Å². The first kappa shape index (κ1) is 17.2. The number of nitrogens with zero attached hydrogens (tertiary/aromatic N) is 1. The summed E-state index contributed by atoms with van der Waals surface area (Å²) in [5.41, 5.74) is 1.16. The number of benzene rings is 1. The van der Waals surface area contributed by atoms with Crippen LogP contribution in [0.15, 0.2) is 41.4 Å². The molecule has 0 fully saturated rings. The molecule has 1 aromatic heterocycles. The molecule has 0 bridgehead atoms. The molecule has 0 radical (unpaired) electrons. The predicted octanol–water partition coefficient (Wildman–Crippen LogP) is 3.40. The number of hydrogen-bond donors (Lipinski definition) is 2. The van der Waals surface area contributed by atoms with Crippen molar-refractivity contribution in [3.8, 4) is 0 Å². The molecule has 2 N–H and O–H groups in total. The topological polar surface area (TPSA) is 71.1 Å². The van der Waals surface area contributed by atoms with Crippen LogP contribution < -0.4 is 10.0 Å². The largest absolute Gasteiger partial charge is 0.384 e. The summed E-state index contributed by atoms with van der Waals surface area (Å²) in [6.07, 6.45) is 1.57. The van der Waals surface area contributed by atoms with E-state index in [9.17, 15) is 12.8 Å². The normalized spacial score (nSPS) is 11.5. The highest BCUT2D eigenvalue weighted by Crippen LogP contribution is 2.20. The highest BCUT2D eigenvalue weighted by Gasteiger charge is 2.17. The van der Waals surface area contributed by atoms with Gasteiger partial charge in [-0.05, 0) is 48.7 Å². The Labute approximate surface area is 136 Å². The smallest absolute Gasteiger partial charge is 0.263 e. The van der Waals surface area contributed by atoms with E-state index < -0.39 is 15.8 Å². The van der Waals surface area contributed by atoms with Crippen molar-refractivity contribution >= 4 is 21.5 Å². The van der Waals surface area contributed by atoms with E-state index >= 15 is 0 Å². The quantitative estimate of drug-likeness (QED) is 0.847. The predicted molar refractivity (Wildman–Crippen MR) is 89.5 cm³/mol. The van der Waals surface area contributed by atoms with Gasteiger partial charge >= 0.3 is 0 Å². The van der Waals surface area contributed by atoms with Crippen molar-refractivity contribution in [2.75, 3.05) is 16.6 Å². The van der Waals surface area contributed by atoms with Crippen LogP contribution in [0.1, 0.15) is 19.4 Å². The van der Waals surface area contributed by atoms with Crippen LogP contribution in [0.5, 0.6) is 0 Å². The molecule has 0 unspecified atom stereocenters. The number of rotatable bonds is 6. The summed E-state index contributed by atoms with van der Waals surface area (Å²) in [5.74, 6) is 0.235. The second-order valence-electron chi connectivity index (χ2n) is 5.72. The molecule has 2 aromatic rings. The number of anilines is 2. The molecule has 0 aliphatic carbocycles. The molecule has 124 valence electrons. The number of halogens is 1. The Morgan fingerprint density at radius 3 is 2.52 bits per heavy atom. The molecule has 0 aliphatic rings. The summed E-state index contributed by atoms with van der Waals surface area (Å²) in [6, 6.07) is 6.88. The van der Waals surface area contributed by atoms with Crippen molar-refractivity contribution in [3.63, 3.8) is 0 Å². The van der Waals surface area contributed by atoms with Gasteiger partial charge in [0.25, 0.3) is 10.0 Å². The molecule has 7 heteroatoms. The Bertz CT molecular complexity index is 774. The number of sulfonamides is 1. The standard InChI is InChI=1S/C16H20FN3O2S/c1-11(2)9-18-14-5-7-16(19-10-14)20-23(21,22)15-6-4-13(17)8-12(15)3/h4-8,10-11,18H,9H2,1-3H3,(H,19,20). The van der Waals surface area contributed by atoms with Gasteiger partial charge in [0.2, 0.25) is 0 Å². The Morgan fingerprint density at radius 1 is 1.22 bits per heavy atom. The average Bonchev–Trinajstić information content (AvgIpc) is 2.45. The van der Waals surface area contributed by atoms with Crippen molar-refractivity contribution < 1.29 is 12.8 Å². The summed E-state index contributed by atoms with van der Waals surface area (Å²) in [7, 11) is -3.80. The first-order chi connectivity index (χ1) is 10.8. The Morgan fingerprint density at radius 2 is 1.96 bits per heavy atom. The summed E-state index contributed by atoms with van der Waals surface area (Å²) in [6.45, 7) is 6.54. The molecule has 0 saturated carbocycles. The lowest BCUT2D eigenvalue weighted by atomic mass is 10.2. The third kappa shape index (κ3) is 4.66. The monoisotopic (exact) mass is 337 g/mol. The Kier molecular flexibility index (Phi) is 5.20. The maximum atomic E-state index is 13.1. The van der Waals surface area contributed by atoms with Gasteiger partial charge in [0, 0.05) is 6.54 Å². The average molecular weight is 337 g/mol. The van der Waals surface area contributed by atoms with Gasteiger partial charge in [-0.2, -0.15) is 0 Å². The molecule has 2 rings (SSSR count). The van der Waals surface area contributed by atoms with Crippen LogP contribution >= 0.6 is 0 Å². The van der Waals surface area contributed by atoms with Gasteiger partial charge in [0.15, 0.2) is 0 Å². The van der Waals surface area contributed by atoms with E-state index in [1.807, 2.05) is 0 Å². The van der Waals surface area contributed by atoms with Gasteiger partial charge in [0.1, 0.15) is 11.6 Å². The molecule has 5 nitrogen and oxygen atoms in total. The minimum absolute atomic E-state index is 0.0303.